The number of carboxylic acid groups (broad SMARTS) is 1. The minimum atomic E-state index is -1.08. The van der Waals surface area contributed by atoms with Crippen molar-refractivity contribution in [2.75, 3.05) is 11.4 Å². The van der Waals surface area contributed by atoms with E-state index in [1.165, 1.54) is 4.90 Å². The molecule has 2 aliphatic rings. The summed E-state index contributed by atoms with van der Waals surface area (Å²) in [5.41, 5.74) is -0.377. The molecule has 4 amide bonds. The Morgan fingerprint density at radius 1 is 1.26 bits per heavy atom. The van der Waals surface area contributed by atoms with Gasteiger partial charge in [-0.1, -0.05) is 0 Å². The third-order valence-corrected chi connectivity index (χ3v) is 4.67. The lowest BCUT2D eigenvalue weighted by molar-refractivity contribution is -0.148. The summed E-state index contributed by atoms with van der Waals surface area (Å²) in [6.07, 6.45) is 0.767. The lowest BCUT2D eigenvalue weighted by atomic mass is 10.1. The molecule has 0 spiro atoms. The molecule has 0 aromatic heterocycles. The van der Waals surface area contributed by atoms with Gasteiger partial charge in [-0.3, -0.25) is 9.59 Å². The zero-order valence-electron chi connectivity index (χ0n) is 14.2. The lowest BCUT2D eigenvalue weighted by Gasteiger charge is -2.21. The van der Waals surface area contributed by atoms with E-state index in [0.29, 0.717) is 30.4 Å². The van der Waals surface area contributed by atoms with Gasteiger partial charge < -0.3 is 15.3 Å². The van der Waals surface area contributed by atoms with Crippen molar-refractivity contribution < 1.29 is 33.1 Å². The number of amides is 4. The summed E-state index contributed by atoms with van der Waals surface area (Å²) in [6.45, 7) is 0.327. The van der Waals surface area contributed by atoms with Crippen molar-refractivity contribution >= 4 is 29.5 Å². The van der Waals surface area contributed by atoms with E-state index in [1.54, 1.807) is 0 Å². The van der Waals surface area contributed by atoms with Crippen LogP contribution in [0.25, 0.3) is 0 Å². The number of urea groups is 1. The molecule has 8 nitrogen and oxygen atoms in total. The molecule has 0 bridgehead atoms. The van der Waals surface area contributed by atoms with E-state index >= 15 is 0 Å². The molecule has 2 N–H and O–H groups in total. The van der Waals surface area contributed by atoms with E-state index in [0.717, 1.165) is 12.1 Å². The highest BCUT2D eigenvalue weighted by molar-refractivity contribution is 6.21. The molecule has 0 aliphatic carbocycles. The van der Waals surface area contributed by atoms with Crippen LogP contribution in [0.5, 0.6) is 0 Å². The van der Waals surface area contributed by atoms with Crippen LogP contribution in [0.4, 0.5) is 19.3 Å². The van der Waals surface area contributed by atoms with Crippen molar-refractivity contribution in [1.82, 2.24) is 10.2 Å². The molecular formula is C17H17F2N3O5. The van der Waals surface area contributed by atoms with Gasteiger partial charge in [0.25, 0.3) is 5.91 Å². The second-order valence-corrected chi connectivity index (χ2v) is 6.39. The Hall–Kier alpha value is -3.04. The fourth-order valence-corrected chi connectivity index (χ4v) is 3.35. The molecule has 2 saturated heterocycles. The third-order valence-electron chi connectivity index (χ3n) is 4.67. The Morgan fingerprint density at radius 2 is 2.00 bits per heavy atom. The van der Waals surface area contributed by atoms with Gasteiger partial charge in [0.1, 0.15) is 23.7 Å². The fourth-order valence-electron chi connectivity index (χ4n) is 3.35. The van der Waals surface area contributed by atoms with E-state index < -0.39 is 47.5 Å². The highest BCUT2D eigenvalue weighted by atomic mass is 19.1. The summed E-state index contributed by atoms with van der Waals surface area (Å²) in [5, 5.41) is 11.5. The van der Waals surface area contributed by atoms with Crippen LogP contribution < -0.4 is 10.2 Å². The van der Waals surface area contributed by atoms with E-state index in [4.69, 9.17) is 5.11 Å². The summed E-state index contributed by atoms with van der Waals surface area (Å²) in [5.74, 6) is -4.16. The molecule has 0 saturated carbocycles. The van der Waals surface area contributed by atoms with Crippen molar-refractivity contribution in [3.05, 3.63) is 29.8 Å². The SMILES string of the molecule is O=C(O)[C@@H]1CCCN1C(=O)CC[C@H]1NC(=O)N(c2ccc(F)cc2F)C1=O. The van der Waals surface area contributed by atoms with Crippen molar-refractivity contribution in [3.63, 3.8) is 0 Å². The molecule has 0 unspecified atom stereocenters. The number of anilines is 1. The first kappa shape index (κ1) is 18.7. The molecule has 144 valence electrons. The maximum absolute atomic E-state index is 13.9. The van der Waals surface area contributed by atoms with Crippen LogP contribution in [0, 0.1) is 11.6 Å². The average Bonchev–Trinajstić information content (AvgIpc) is 3.19. The van der Waals surface area contributed by atoms with Crippen LogP contribution in [-0.4, -0.2) is 52.4 Å². The predicted octanol–water partition coefficient (Wildman–Crippen LogP) is 1.25. The van der Waals surface area contributed by atoms with Gasteiger partial charge in [-0.05, 0) is 31.4 Å². The number of likely N-dealkylation sites (tertiary alicyclic amines) is 1. The standard InChI is InChI=1S/C17H17F2N3O5/c18-9-3-5-12(10(19)8-9)22-15(24)11(20-17(22)27)4-6-14(23)21-7-1-2-13(21)16(25)26/h3,5,8,11,13H,1-2,4,6-7H2,(H,20,27)(H,25,26)/t11-,13+/m1/s1. The van der Waals surface area contributed by atoms with Gasteiger partial charge in [0.05, 0.1) is 5.69 Å². The topological polar surface area (TPSA) is 107 Å². The third kappa shape index (κ3) is 3.60. The van der Waals surface area contributed by atoms with Gasteiger partial charge in [0, 0.05) is 19.0 Å². The normalized spacial score (nSPS) is 22.3. The van der Waals surface area contributed by atoms with Gasteiger partial charge in [-0.15, -0.1) is 0 Å². The van der Waals surface area contributed by atoms with Crippen molar-refractivity contribution in [2.24, 2.45) is 0 Å². The second kappa shape index (κ2) is 7.29. The minimum Gasteiger partial charge on any atom is -0.480 e. The average molecular weight is 381 g/mol. The fraction of sp³-hybridized carbons (Fsp3) is 0.412. The molecule has 10 heteroatoms. The number of carbonyl (C=O) groups excluding carboxylic acids is 3. The van der Waals surface area contributed by atoms with Crippen LogP contribution in [-0.2, 0) is 14.4 Å². The Morgan fingerprint density at radius 3 is 2.67 bits per heavy atom. The Kier molecular flexibility index (Phi) is 5.06. The van der Waals surface area contributed by atoms with Crippen LogP contribution >= 0.6 is 0 Å². The van der Waals surface area contributed by atoms with Crippen molar-refractivity contribution in [1.29, 1.82) is 0 Å². The summed E-state index contributed by atoms with van der Waals surface area (Å²) in [4.78, 5) is 49.7. The van der Waals surface area contributed by atoms with Gasteiger partial charge >= 0.3 is 12.0 Å². The van der Waals surface area contributed by atoms with Crippen LogP contribution in [0.2, 0.25) is 0 Å². The summed E-state index contributed by atoms with van der Waals surface area (Å²) in [6, 6.07) is -0.320. The Bertz CT molecular complexity index is 816. The second-order valence-electron chi connectivity index (χ2n) is 6.39. The molecular weight excluding hydrogens is 364 g/mol. The van der Waals surface area contributed by atoms with Gasteiger partial charge in [0.15, 0.2) is 0 Å². The van der Waals surface area contributed by atoms with E-state index in [-0.39, 0.29) is 18.5 Å². The first-order valence-corrected chi connectivity index (χ1v) is 8.41. The maximum Gasteiger partial charge on any atom is 0.329 e. The Balaban J connectivity index is 1.65. The first-order chi connectivity index (χ1) is 12.8. The number of halogens is 2. The summed E-state index contributed by atoms with van der Waals surface area (Å²) >= 11 is 0. The molecule has 2 heterocycles. The summed E-state index contributed by atoms with van der Waals surface area (Å²) < 4.78 is 26.9. The van der Waals surface area contributed by atoms with Crippen LogP contribution in [0.3, 0.4) is 0 Å². The molecule has 2 atom stereocenters. The zero-order chi connectivity index (χ0) is 19.7. The number of hydrogen-bond acceptors (Lipinski definition) is 4. The highest BCUT2D eigenvalue weighted by Crippen LogP contribution is 2.25. The molecule has 2 fully saturated rings. The highest BCUT2D eigenvalue weighted by Gasteiger charge is 2.41. The number of nitrogens with one attached hydrogen (secondary N) is 1. The molecule has 0 radical (unpaired) electrons. The van der Waals surface area contributed by atoms with Crippen molar-refractivity contribution in [2.45, 2.75) is 37.8 Å². The summed E-state index contributed by atoms with van der Waals surface area (Å²) in [7, 11) is 0. The van der Waals surface area contributed by atoms with Gasteiger partial charge in [0.2, 0.25) is 5.91 Å². The van der Waals surface area contributed by atoms with Crippen LogP contribution in [0.15, 0.2) is 18.2 Å². The molecule has 2 aliphatic heterocycles. The number of nitrogens with zero attached hydrogens (tertiary/aromatic N) is 2. The van der Waals surface area contributed by atoms with E-state index in [9.17, 15) is 28.0 Å². The minimum absolute atomic E-state index is 0.0500. The number of rotatable bonds is 5. The number of carboxylic acids is 1. The van der Waals surface area contributed by atoms with E-state index in [1.807, 2.05) is 0 Å². The molecule has 1 aromatic carbocycles. The quantitative estimate of drug-likeness (QED) is 0.747. The number of aliphatic carboxylic acids is 1. The monoisotopic (exact) mass is 381 g/mol. The lowest BCUT2D eigenvalue weighted by Crippen LogP contribution is -2.41. The van der Waals surface area contributed by atoms with Gasteiger partial charge in [-0.25, -0.2) is 23.3 Å². The van der Waals surface area contributed by atoms with E-state index in [2.05, 4.69) is 5.32 Å². The molecule has 1 aromatic rings. The molecule has 27 heavy (non-hydrogen) atoms. The Labute approximate surface area is 152 Å². The van der Waals surface area contributed by atoms with Crippen molar-refractivity contribution in [3.8, 4) is 0 Å². The zero-order valence-corrected chi connectivity index (χ0v) is 14.2. The van der Waals surface area contributed by atoms with Gasteiger partial charge in [-0.2, -0.15) is 0 Å². The maximum atomic E-state index is 13.9. The largest absolute Gasteiger partial charge is 0.480 e. The predicted molar refractivity (Wildman–Crippen MR) is 87.8 cm³/mol. The number of imide groups is 1. The number of carbonyl (C=O) groups is 4. The smallest absolute Gasteiger partial charge is 0.329 e. The molecule has 3 rings (SSSR count). The van der Waals surface area contributed by atoms with Crippen LogP contribution in [0.1, 0.15) is 25.7 Å². The first-order valence-electron chi connectivity index (χ1n) is 8.41. The number of hydrogen-bond donors (Lipinski definition) is 2. The number of benzene rings is 1.